The summed E-state index contributed by atoms with van der Waals surface area (Å²) in [4.78, 5) is 44.0. The third kappa shape index (κ3) is 7.19. The van der Waals surface area contributed by atoms with Gasteiger partial charge in [0.15, 0.2) is 24.0 Å². The number of rotatable bonds is 10. The van der Waals surface area contributed by atoms with Crippen LogP contribution >= 0.6 is 11.6 Å². The number of β-amino-alcohol motifs (C(OH)–C–C–N with tert-alkyl or cyclic N) is 1. The van der Waals surface area contributed by atoms with Gasteiger partial charge in [0.05, 0.1) is 34.5 Å². The first-order chi connectivity index (χ1) is 20.2. The fourth-order valence-corrected chi connectivity index (χ4v) is 4.50. The van der Waals surface area contributed by atoms with Crippen LogP contribution in [0.3, 0.4) is 0 Å². The number of aromatic nitrogens is 2. The van der Waals surface area contributed by atoms with Crippen LogP contribution in [0.2, 0.25) is 5.02 Å². The zero-order chi connectivity index (χ0) is 30.2. The molecule has 0 spiro atoms. The minimum atomic E-state index is -1.29. The molecule has 1 aromatic heterocycles. The summed E-state index contributed by atoms with van der Waals surface area (Å²) in [5.74, 6) is -5.15. The summed E-state index contributed by atoms with van der Waals surface area (Å²) >= 11 is 6.25. The second-order valence-corrected chi connectivity index (χ2v) is 9.60. The highest BCUT2D eigenvalue weighted by atomic mass is 35.5. The predicted octanol–water partition coefficient (Wildman–Crippen LogP) is 1.98. The van der Waals surface area contributed by atoms with E-state index in [1.807, 2.05) is 0 Å². The Morgan fingerprint density at radius 3 is 2.67 bits per heavy atom. The van der Waals surface area contributed by atoms with Crippen molar-refractivity contribution in [2.24, 2.45) is 5.92 Å². The molecule has 12 nitrogen and oxygen atoms in total. The van der Waals surface area contributed by atoms with Crippen LogP contribution < -0.4 is 26.0 Å². The molecular weight excluding hydrogens is 576 g/mol. The van der Waals surface area contributed by atoms with Gasteiger partial charge in [-0.05, 0) is 43.3 Å². The third-order valence-corrected chi connectivity index (χ3v) is 6.70. The molecule has 0 radical (unpaired) electrons. The first-order valence-electron chi connectivity index (χ1n) is 12.8. The first-order valence-corrected chi connectivity index (χ1v) is 13.2. The van der Waals surface area contributed by atoms with Crippen LogP contribution in [0.25, 0.3) is 11.3 Å². The van der Waals surface area contributed by atoms with E-state index in [1.165, 1.54) is 24.3 Å². The Morgan fingerprint density at radius 2 is 1.93 bits per heavy atom. The lowest BCUT2D eigenvalue weighted by Gasteiger charge is -2.27. The Hall–Kier alpha value is -4.58. The maximum Gasteiger partial charge on any atom is 0.291 e. The number of amides is 3. The standard InChI is InChI=1S/C27H26ClF2N7O5/c28-18-11-14(1-2-15(18)25(39)33-8-9-34-26(40)17-5-7-32-13-20(17)38)36-27(41)24-35-12-19(37-24)16-3-4-21(42-10-6-31)23(30)22(16)29/h1-4,11-12,17,20,32,38H,5,7-10,13H2,(H,33,39)(H,34,40)(H,35,37)(H,36,41)/t17-,20-/m1/s1. The average molecular weight is 602 g/mol. The number of carbonyl (C=O) groups is 3. The number of aromatic amines is 1. The number of nitriles is 1. The van der Waals surface area contributed by atoms with Crippen LogP contribution in [-0.2, 0) is 4.79 Å². The van der Waals surface area contributed by atoms with E-state index in [-0.39, 0.29) is 52.4 Å². The SMILES string of the molecule is N#CCOc1ccc(-c2cnc(C(=O)Nc3ccc(C(=O)NCCNC(=O)[C@@H]4CCNC[C@H]4O)c(Cl)c3)[nH]2)c(F)c1F. The van der Waals surface area contributed by atoms with E-state index in [0.717, 1.165) is 12.3 Å². The number of nitrogens with zero attached hydrogens (tertiary/aromatic N) is 2. The summed E-state index contributed by atoms with van der Waals surface area (Å²) in [5.41, 5.74) is 0.194. The maximum atomic E-state index is 14.5. The number of aliphatic hydroxyl groups excluding tert-OH is 1. The summed E-state index contributed by atoms with van der Waals surface area (Å²) in [7, 11) is 0. The van der Waals surface area contributed by atoms with Crippen molar-refractivity contribution in [3.63, 3.8) is 0 Å². The summed E-state index contributed by atoms with van der Waals surface area (Å²) in [6, 6.07) is 8.23. The average Bonchev–Trinajstić information content (AvgIpc) is 3.46. The molecule has 220 valence electrons. The molecule has 3 amide bonds. The van der Waals surface area contributed by atoms with Gasteiger partial charge in [0, 0.05) is 30.9 Å². The van der Waals surface area contributed by atoms with Crippen molar-refractivity contribution in [2.75, 3.05) is 38.1 Å². The number of nitrogens with one attached hydrogen (secondary N) is 5. The Bertz CT molecular complexity index is 1530. The number of ether oxygens (including phenoxy) is 1. The van der Waals surface area contributed by atoms with Gasteiger partial charge in [-0.15, -0.1) is 0 Å². The topological polar surface area (TPSA) is 181 Å². The lowest BCUT2D eigenvalue weighted by atomic mass is 9.94. The van der Waals surface area contributed by atoms with Gasteiger partial charge in [0.2, 0.25) is 11.7 Å². The molecule has 2 heterocycles. The Labute approximate surface area is 243 Å². The van der Waals surface area contributed by atoms with Crippen LogP contribution in [0.1, 0.15) is 27.4 Å². The van der Waals surface area contributed by atoms with E-state index >= 15 is 0 Å². The number of H-pyrrole nitrogens is 1. The molecule has 0 bridgehead atoms. The Morgan fingerprint density at radius 1 is 1.14 bits per heavy atom. The van der Waals surface area contributed by atoms with Crippen LogP contribution in [0.4, 0.5) is 14.5 Å². The van der Waals surface area contributed by atoms with Crippen molar-refractivity contribution in [2.45, 2.75) is 12.5 Å². The monoisotopic (exact) mass is 601 g/mol. The molecule has 1 saturated heterocycles. The maximum absolute atomic E-state index is 14.5. The van der Waals surface area contributed by atoms with Gasteiger partial charge in [-0.1, -0.05) is 11.6 Å². The van der Waals surface area contributed by atoms with Crippen molar-refractivity contribution >= 4 is 35.0 Å². The molecule has 0 saturated carbocycles. The van der Waals surface area contributed by atoms with Crippen molar-refractivity contribution in [3.8, 4) is 23.1 Å². The van der Waals surface area contributed by atoms with Gasteiger partial charge in [0.25, 0.3) is 11.8 Å². The number of carbonyl (C=O) groups excluding carboxylic acids is 3. The molecule has 0 unspecified atom stereocenters. The summed E-state index contributed by atoms with van der Waals surface area (Å²) < 4.78 is 33.6. The van der Waals surface area contributed by atoms with Gasteiger partial charge < -0.3 is 36.1 Å². The fourth-order valence-electron chi connectivity index (χ4n) is 4.24. The molecule has 1 fully saturated rings. The van der Waals surface area contributed by atoms with E-state index in [0.29, 0.717) is 19.5 Å². The smallest absolute Gasteiger partial charge is 0.291 e. The lowest BCUT2D eigenvalue weighted by molar-refractivity contribution is -0.129. The minimum absolute atomic E-state index is 0.0246. The number of halogens is 3. The van der Waals surface area contributed by atoms with Gasteiger partial charge in [0.1, 0.15) is 6.07 Å². The number of anilines is 1. The van der Waals surface area contributed by atoms with Crippen LogP contribution in [-0.4, -0.2) is 71.7 Å². The molecule has 6 N–H and O–H groups in total. The van der Waals surface area contributed by atoms with Crippen LogP contribution in [0.15, 0.2) is 36.5 Å². The highest BCUT2D eigenvalue weighted by molar-refractivity contribution is 6.34. The van der Waals surface area contributed by atoms with E-state index in [2.05, 4.69) is 31.2 Å². The van der Waals surface area contributed by atoms with Crippen LogP contribution in [0.5, 0.6) is 5.75 Å². The summed E-state index contributed by atoms with van der Waals surface area (Å²) in [6.07, 6.45) is 0.911. The molecule has 2 atom stereocenters. The molecule has 0 aliphatic carbocycles. The van der Waals surface area contributed by atoms with E-state index in [4.69, 9.17) is 21.6 Å². The zero-order valence-electron chi connectivity index (χ0n) is 22.0. The quantitative estimate of drug-likeness (QED) is 0.191. The first kappa shape index (κ1) is 30.4. The molecule has 2 aromatic carbocycles. The molecule has 15 heteroatoms. The molecule has 1 aliphatic heterocycles. The van der Waals surface area contributed by atoms with E-state index in [9.17, 15) is 28.3 Å². The van der Waals surface area contributed by atoms with Crippen molar-refractivity contribution in [1.29, 1.82) is 5.26 Å². The molecule has 1 aliphatic rings. The lowest BCUT2D eigenvalue weighted by Crippen LogP contribution is -2.48. The number of hydrogen-bond donors (Lipinski definition) is 6. The number of aliphatic hydroxyl groups is 1. The van der Waals surface area contributed by atoms with Crippen LogP contribution in [0, 0.1) is 28.9 Å². The molecule has 42 heavy (non-hydrogen) atoms. The van der Waals surface area contributed by atoms with Gasteiger partial charge in [-0.25, -0.2) is 9.37 Å². The summed E-state index contributed by atoms with van der Waals surface area (Å²) in [5, 5.41) is 29.4. The second-order valence-electron chi connectivity index (χ2n) is 9.19. The number of hydrogen-bond acceptors (Lipinski definition) is 8. The van der Waals surface area contributed by atoms with Gasteiger partial charge in [-0.2, -0.15) is 9.65 Å². The van der Waals surface area contributed by atoms with Gasteiger partial charge in [-0.3, -0.25) is 14.4 Å². The van der Waals surface area contributed by atoms with Crippen molar-refractivity contribution in [1.82, 2.24) is 25.9 Å². The molecule has 3 aromatic rings. The largest absolute Gasteiger partial charge is 0.476 e. The minimum Gasteiger partial charge on any atom is -0.476 e. The zero-order valence-corrected chi connectivity index (χ0v) is 22.7. The summed E-state index contributed by atoms with van der Waals surface area (Å²) in [6.45, 7) is 0.824. The van der Waals surface area contributed by atoms with E-state index in [1.54, 1.807) is 6.07 Å². The van der Waals surface area contributed by atoms with E-state index < -0.39 is 47.8 Å². The number of imidazole rings is 1. The highest BCUT2D eigenvalue weighted by Crippen LogP contribution is 2.29. The van der Waals surface area contributed by atoms with Crippen molar-refractivity contribution in [3.05, 3.63) is 64.6 Å². The predicted molar refractivity (Wildman–Crippen MR) is 147 cm³/mol. The normalized spacial score (nSPS) is 16.3. The highest BCUT2D eigenvalue weighted by Gasteiger charge is 2.29. The third-order valence-electron chi connectivity index (χ3n) is 6.39. The molecule has 4 rings (SSSR count). The molecular formula is C27H26ClF2N7O5. The number of benzene rings is 2. The van der Waals surface area contributed by atoms with Crippen molar-refractivity contribution < 1.29 is 33.0 Å². The second kappa shape index (κ2) is 13.9. The fraction of sp³-hybridized carbons (Fsp3) is 0.296. The Kier molecular flexibility index (Phi) is 10.0. The number of piperidine rings is 1. The Balaban J connectivity index is 1.31. The van der Waals surface area contributed by atoms with Gasteiger partial charge >= 0.3 is 0 Å².